The predicted octanol–water partition coefficient (Wildman–Crippen LogP) is 3.35. The Morgan fingerprint density at radius 2 is 2.22 bits per heavy atom. The van der Waals surface area contributed by atoms with Gasteiger partial charge in [-0.15, -0.1) is 10.2 Å². The number of nitrogens with one attached hydrogen (secondary N) is 1. The zero-order valence-electron chi connectivity index (χ0n) is 9.49. The van der Waals surface area contributed by atoms with Crippen LogP contribution in [-0.4, -0.2) is 10.2 Å². The van der Waals surface area contributed by atoms with E-state index in [0.29, 0.717) is 28.4 Å². The maximum absolute atomic E-state index is 13.4. The Bertz CT molecular complexity index is 568. The Kier molecular flexibility index (Phi) is 2.91. The molecule has 1 aliphatic carbocycles. The number of halogens is 2. The Morgan fingerprint density at radius 1 is 1.39 bits per heavy atom. The van der Waals surface area contributed by atoms with E-state index in [1.165, 1.54) is 18.2 Å². The number of rotatable bonds is 4. The van der Waals surface area contributed by atoms with E-state index in [4.69, 9.17) is 16.0 Å². The van der Waals surface area contributed by atoms with Crippen LogP contribution in [0.15, 0.2) is 22.6 Å². The van der Waals surface area contributed by atoms with Gasteiger partial charge in [0.15, 0.2) is 0 Å². The van der Waals surface area contributed by atoms with Gasteiger partial charge in [0, 0.05) is 10.9 Å². The van der Waals surface area contributed by atoms with Gasteiger partial charge >= 0.3 is 0 Å². The molecule has 0 amide bonds. The van der Waals surface area contributed by atoms with Gasteiger partial charge in [-0.05, 0) is 31.0 Å². The van der Waals surface area contributed by atoms with E-state index in [2.05, 4.69) is 15.5 Å². The highest BCUT2D eigenvalue weighted by Gasteiger charge is 2.29. The molecule has 0 aliphatic heterocycles. The fourth-order valence-electron chi connectivity index (χ4n) is 1.64. The fraction of sp³-hybridized carbons (Fsp3) is 0.333. The summed E-state index contributed by atoms with van der Waals surface area (Å²) in [4.78, 5) is 0. The van der Waals surface area contributed by atoms with Crippen molar-refractivity contribution in [2.24, 2.45) is 0 Å². The molecule has 3 rings (SSSR count). The number of hydrogen-bond donors (Lipinski definition) is 1. The summed E-state index contributed by atoms with van der Waals surface area (Å²) in [5.74, 6) is 1.20. The Labute approximate surface area is 108 Å². The third kappa shape index (κ3) is 2.46. The van der Waals surface area contributed by atoms with Crippen molar-refractivity contribution in [2.75, 3.05) is 5.32 Å². The summed E-state index contributed by atoms with van der Waals surface area (Å²) in [5.41, 5.74) is 0.327. The van der Waals surface area contributed by atoms with Crippen LogP contribution in [0.1, 0.15) is 30.5 Å². The van der Waals surface area contributed by atoms with E-state index < -0.39 is 0 Å². The van der Waals surface area contributed by atoms with Gasteiger partial charge in [-0.25, -0.2) is 4.39 Å². The SMILES string of the molecule is Fc1ccc(Cl)cc1NCc1nnc(C2CC2)o1. The highest BCUT2D eigenvalue weighted by atomic mass is 35.5. The van der Waals surface area contributed by atoms with E-state index in [9.17, 15) is 4.39 Å². The quantitative estimate of drug-likeness (QED) is 0.923. The van der Waals surface area contributed by atoms with Gasteiger partial charge in [0.2, 0.25) is 11.8 Å². The number of benzene rings is 1. The first kappa shape index (κ1) is 11.5. The molecule has 2 aromatic rings. The van der Waals surface area contributed by atoms with E-state index in [1.807, 2.05) is 0 Å². The summed E-state index contributed by atoms with van der Waals surface area (Å²) in [6.45, 7) is 0.289. The van der Waals surface area contributed by atoms with Crippen LogP contribution < -0.4 is 5.32 Å². The Hall–Kier alpha value is -1.62. The molecule has 0 bridgehead atoms. The van der Waals surface area contributed by atoms with Crippen LogP contribution >= 0.6 is 11.6 Å². The lowest BCUT2D eigenvalue weighted by molar-refractivity contribution is 0.456. The Balaban J connectivity index is 1.67. The number of anilines is 1. The smallest absolute Gasteiger partial charge is 0.235 e. The molecule has 94 valence electrons. The van der Waals surface area contributed by atoms with E-state index in [-0.39, 0.29) is 12.4 Å². The Morgan fingerprint density at radius 3 is 3.00 bits per heavy atom. The number of hydrogen-bond acceptors (Lipinski definition) is 4. The molecular formula is C12H11ClFN3O. The summed E-state index contributed by atoms with van der Waals surface area (Å²) >= 11 is 5.79. The van der Waals surface area contributed by atoms with Gasteiger partial charge in [-0.1, -0.05) is 11.6 Å². The first-order valence-corrected chi connectivity index (χ1v) is 6.11. The van der Waals surface area contributed by atoms with Gasteiger partial charge < -0.3 is 9.73 Å². The summed E-state index contributed by atoms with van der Waals surface area (Å²) in [6.07, 6.45) is 2.22. The zero-order chi connectivity index (χ0) is 12.5. The van der Waals surface area contributed by atoms with Crippen LogP contribution in [-0.2, 0) is 6.54 Å². The maximum Gasteiger partial charge on any atom is 0.235 e. The predicted molar refractivity (Wildman–Crippen MR) is 65.0 cm³/mol. The molecule has 0 atom stereocenters. The molecule has 1 aromatic heterocycles. The topological polar surface area (TPSA) is 51.0 Å². The van der Waals surface area contributed by atoms with Crippen LogP contribution in [0.5, 0.6) is 0 Å². The average Bonchev–Trinajstić information content (AvgIpc) is 3.10. The van der Waals surface area contributed by atoms with Crippen molar-refractivity contribution in [1.82, 2.24) is 10.2 Å². The standard InChI is InChI=1S/C12H11ClFN3O/c13-8-3-4-9(14)10(5-8)15-6-11-16-17-12(18-11)7-1-2-7/h3-5,7,15H,1-2,6H2. The summed E-state index contributed by atoms with van der Waals surface area (Å²) in [6, 6.07) is 4.34. The minimum absolute atomic E-state index is 0.289. The molecule has 1 aromatic carbocycles. The van der Waals surface area contributed by atoms with Crippen molar-refractivity contribution in [1.29, 1.82) is 0 Å². The second-order valence-corrected chi connectivity index (χ2v) is 4.72. The second-order valence-electron chi connectivity index (χ2n) is 4.29. The van der Waals surface area contributed by atoms with E-state index in [0.717, 1.165) is 12.8 Å². The second kappa shape index (κ2) is 4.57. The van der Waals surface area contributed by atoms with Gasteiger partial charge in [-0.3, -0.25) is 0 Å². The average molecular weight is 268 g/mol. The lowest BCUT2D eigenvalue weighted by atomic mass is 10.3. The summed E-state index contributed by atoms with van der Waals surface area (Å²) < 4.78 is 18.9. The molecule has 0 unspecified atom stereocenters. The van der Waals surface area contributed by atoms with Crippen LogP contribution in [0.2, 0.25) is 5.02 Å². The number of nitrogens with zero attached hydrogens (tertiary/aromatic N) is 2. The molecule has 0 radical (unpaired) electrons. The van der Waals surface area contributed by atoms with Crippen molar-refractivity contribution in [3.63, 3.8) is 0 Å². The molecule has 18 heavy (non-hydrogen) atoms. The van der Waals surface area contributed by atoms with E-state index in [1.54, 1.807) is 0 Å². The zero-order valence-corrected chi connectivity index (χ0v) is 10.2. The van der Waals surface area contributed by atoms with E-state index >= 15 is 0 Å². The van der Waals surface area contributed by atoms with Crippen molar-refractivity contribution < 1.29 is 8.81 Å². The minimum Gasteiger partial charge on any atom is -0.423 e. The first-order valence-electron chi connectivity index (χ1n) is 5.73. The fourth-order valence-corrected chi connectivity index (χ4v) is 1.81. The third-order valence-electron chi connectivity index (χ3n) is 2.77. The summed E-state index contributed by atoms with van der Waals surface area (Å²) in [7, 11) is 0. The molecule has 0 spiro atoms. The normalized spacial score (nSPS) is 14.8. The molecule has 4 nitrogen and oxygen atoms in total. The lowest BCUT2D eigenvalue weighted by Gasteiger charge is -2.05. The molecule has 1 aliphatic rings. The van der Waals surface area contributed by atoms with Crippen molar-refractivity contribution >= 4 is 17.3 Å². The maximum atomic E-state index is 13.4. The first-order chi connectivity index (χ1) is 8.72. The number of aromatic nitrogens is 2. The molecule has 0 saturated heterocycles. The van der Waals surface area contributed by atoms with Gasteiger partial charge in [-0.2, -0.15) is 0 Å². The highest BCUT2D eigenvalue weighted by molar-refractivity contribution is 6.30. The molecule has 1 N–H and O–H groups in total. The van der Waals surface area contributed by atoms with Crippen molar-refractivity contribution in [3.05, 3.63) is 40.8 Å². The summed E-state index contributed by atoms with van der Waals surface area (Å²) in [5, 5.41) is 11.2. The molecule has 1 heterocycles. The van der Waals surface area contributed by atoms with Crippen LogP contribution in [0, 0.1) is 5.82 Å². The van der Waals surface area contributed by atoms with Gasteiger partial charge in [0.1, 0.15) is 5.82 Å². The molecule has 1 fully saturated rings. The highest BCUT2D eigenvalue weighted by Crippen LogP contribution is 2.39. The van der Waals surface area contributed by atoms with Gasteiger partial charge in [0.05, 0.1) is 12.2 Å². The van der Waals surface area contributed by atoms with Crippen LogP contribution in [0.25, 0.3) is 0 Å². The largest absolute Gasteiger partial charge is 0.423 e. The monoisotopic (exact) mass is 267 g/mol. The third-order valence-corrected chi connectivity index (χ3v) is 3.00. The van der Waals surface area contributed by atoms with Crippen molar-refractivity contribution in [3.8, 4) is 0 Å². The lowest BCUT2D eigenvalue weighted by Crippen LogP contribution is -2.01. The molecule has 1 saturated carbocycles. The minimum atomic E-state index is -0.360. The molecular weight excluding hydrogens is 257 g/mol. The van der Waals surface area contributed by atoms with Crippen molar-refractivity contribution in [2.45, 2.75) is 25.3 Å². The molecule has 6 heteroatoms. The van der Waals surface area contributed by atoms with Crippen LogP contribution in [0.4, 0.5) is 10.1 Å². The van der Waals surface area contributed by atoms with Gasteiger partial charge in [0.25, 0.3) is 0 Å². The van der Waals surface area contributed by atoms with Crippen LogP contribution in [0.3, 0.4) is 0 Å².